The van der Waals surface area contributed by atoms with Crippen LogP contribution in [0.3, 0.4) is 0 Å². The monoisotopic (exact) mass is 348 g/mol. The van der Waals surface area contributed by atoms with Crippen molar-refractivity contribution in [1.82, 2.24) is 9.78 Å². The van der Waals surface area contributed by atoms with Gasteiger partial charge in [0.05, 0.1) is 5.69 Å². The number of aromatic carboxylic acids is 1. The highest BCUT2D eigenvalue weighted by Crippen LogP contribution is 2.39. The van der Waals surface area contributed by atoms with Crippen molar-refractivity contribution < 1.29 is 9.90 Å². The lowest BCUT2D eigenvalue weighted by Gasteiger charge is -2.13. The first kappa shape index (κ1) is 14.3. The van der Waals surface area contributed by atoms with E-state index < -0.39 is 5.97 Å². The van der Waals surface area contributed by atoms with Crippen LogP contribution in [0.2, 0.25) is 0 Å². The minimum atomic E-state index is -1.00. The summed E-state index contributed by atoms with van der Waals surface area (Å²) in [6.45, 7) is 0. The smallest absolute Gasteiger partial charge is 0.356 e. The van der Waals surface area contributed by atoms with E-state index in [1.54, 1.807) is 17.8 Å². The lowest BCUT2D eigenvalue weighted by molar-refractivity contribution is 0.0689. The van der Waals surface area contributed by atoms with Crippen LogP contribution in [-0.4, -0.2) is 20.9 Å². The summed E-state index contributed by atoms with van der Waals surface area (Å²) in [5.74, 6) is -0.354. The maximum absolute atomic E-state index is 11.0. The number of aromatic nitrogens is 2. The summed E-state index contributed by atoms with van der Waals surface area (Å²) in [6, 6.07) is 7.89. The Bertz CT molecular complexity index is 688. The molecule has 0 atom stereocenters. The lowest BCUT2D eigenvalue weighted by atomic mass is 9.96. The first-order valence-electron chi connectivity index (χ1n) is 7.13. The molecular formula is C16H17BrN2O2. The number of carbonyl (C=O) groups is 1. The second-order valence-corrected chi connectivity index (χ2v) is 6.42. The van der Waals surface area contributed by atoms with E-state index in [4.69, 9.17) is 5.11 Å². The van der Waals surface area contributed by atoms with Crippen molar-refractivity contribution in [2.45, 2.75) is 31.6 Å². The molecule has 0 saturated heterocycles. The van der Waals surface area contributed by atoms with E-state index >= 15 is 0 Å². The van der Waals surface area contributed by atoms with Crippen molar-refractivity contribution in [2.24, 2.45) is 7.05 Å². The zero-order valence-electron chi connectivity index (χ0n) is 11.8. The molecule has 1 saturated carbocycles. The number of hydrogen-bond donors (Lipinski definition) is 1. The molecule has 1 aliphatic carbocycles. The maximum atomic E-state index is 11.0. The van der Waals surface area contributed by atoms with Gasteiger partial charge in [-0.15, -0.1) is 0 Å². The Morgan fingerprint density at radius 3 is 2.62 bits per heavy atom. The molecule has 110 valence electrons. The molecule has 5 heteroatoms. The van der Waals surface area contributed by atoms with Gasteiger partial charge in [-0.2, -0.15) is 5.10 Å². The average molecular weight is 349 g/mol. The summed E-state index contributed by atoms with van der Waals surface area (Å²) in [7, 11) is 1.76. The van der Waals surface area contributed by atoms with Crippen LogP contribution < -0.4 is 0 Å². The van der Waals surface area contributed by atoms with Gasteiger partial charge in [0, 0.05) is 17.1 Å². The van der Waals surface area contributed by atoms with Crippen molar-refractivity contribution in [3.63, 3.8) is 0 Å². The summed E-state index contributed by atoms with van der Waals surface area (Å²) in [6.07, 6.45) is 5.13. The molecule has 3 rings (SSSR count). The van der Waals surface area contributed by atoms with Crippen LogP contribution in [0.1, 0.15) is 47.7 Å². The van der Waals surface area contributed by atoms with E-state index in [0.717, 1.165) is 15.7 Å². The van der Waals surface area contributed by atoms with Crippen molar-refractivity contribution in [2.75, 3.05) is 0 Å². The standard InChI is InChI=1S/C16H17BrN2O2/c1-19-15(9-14(18-19)16(20)21)11-6-7-12(13(17)8-11)10-4-2-3-5-10/h6-10H,2-5H2,1H3,(H,20,21). The van der Waals surface area contributed by atoms with Crippen LogP contribution in [0, 0.1) is 0 Å². The third-order valence-electron chi connectivity index (χ3n) is 4.19. The summed E-state index contributed by atoms with van der Waals surface area (Å²) in [5, 5.41) is 13.0. The molecule has 1 aromatic carbocycles. The highest BCUT2D eigenvalue weighted by Gasteiger charge is 2.20. The number of aryl methyl sites for hydroxylation is 1. The van der Waals surface area contributed by atoms with Crippen molar-refractivity contribution in [1.29, 1.82) is 0 Å². The van der Waals surface area contributed by atoms with Crippen molar-refractivity contribution >= 4 is 21.9 Å². The fourth-order valence-electron chi connectivity index (χ4n) is 3.10. The van der Waals surface area contributed by atoms with Crippen LogP contribution in [0.4, 0.5) is 0 Å². The Labute approximate surface area is 131 Å². The van der Waals surface area contributed by atoms with Crippen LogP contribution in [0.25, 0.3) is 11.3 Å². The summed E-state index contributed by atoms with van der Waals surface area (Å²) in [5.41, 5.74) is 3.22. The number of carboxylic acid groups (broad SMARTS) is 1. The van der Waals surface area contributed by atoms with Gasteiger partial charge in [0.15, 0.2) is 5.69 Å². The van der Waals surface area contributed by atoms with Crippen LogP contribution >= 0.6 is 15.9 Å². The number of nitrogens with zero attached hydrogens (tertiary/aromatic N) is 2. The molecule has 1 aliphatic rings. The average Bonchev–Trinajstić information content (AvgIpc) is 3.07. The first-order chi connectivity index (χ1) is 10.1. The second kappa shape index (κ2) is 5.64. The van der Waals surface area contributed by atoms with Crippen LogP contribution in [-0.2, 0) is 7.05 Å². The predicted molar refractivity (Wildman–Crippen MR) is 84.5 cm³/mol. The Balaban J connectivity index is 1.96. The second-order valence-electron chi connectivity index (χ2n) is 5.56. The number of hydrogen-bond acceptors (Lipinski definition) is 2. The molecule has 0 spiro atoms. The van der Waals surface area contributed by atoms with Gasteiger partial charge in [-0.05, 0) is 36.5 Å². The van der Waals surface area contributed by atoms with Gasteiger partial charge < -0.3 is 5.11 Å². The van der Waals surface area contributed by atoms with Gasteiger partial charge in [-0.1, -0.05) is 40.9 Å². The molecule has 1 N–H and O–H groups in total. The van der Waals surface area contributed by atoms with E-state index in [0.29, 0.717) is 5.92 Å². The Morgan fingerprint density at radius 2 is 2.05 bits per heavy atom. The third-order valence-corrected chi connectivity index (χ3v) is 4.88. The van der Waals surface area contributed by atoms with Gasteiger partial charge >= 0.3 is 5.97 Å². The molecule has 1 aromatic heterocycles. The first-order valence-corrected chi connectivity index (χ1v) is 7.92. The molecule has 2 aromatic rings. The zero-order valence-corrected chi connectivity index (χ0v) is 13.4. The fourth-order valence-corrected chi connectivity index (χ4v) is 3.80. The summed E-state index contributed by atoms with van der Waals surface area (Å²) >= 11 is 3.67. The molecule has 0 amide bonds. The Hall–Kier alpha value is -1.62. The van der Waals surface area contributed by atoms with E-state index in [9.17, 15) is 4.79 Å². The topological polar surface area (TPSA) is 55.1 Å². The molecule has 1 fully saturated rings. The molecule has 0 radical (unpaired) electrons. The number of carboxylic acids is 1. The van der Waals surface area contributed by atoms with Gasteiger partial charge in [0.1, 0.15) is 0 Å². The molecule has 21 heavy (non-hydrogen) atoms. The maximum Gasteiger partial charge on any atom is 0.356 e. The summed E-state index contributed by atoms with van der Waals surface area (Å²) in [4.78, 5) is 11.0. The van der Waals surface area contributed by atoms with E-state index in [1.165, 1.54) is 31.2 Å². The molecule has 0 aliphatic heterocycles. The minimum Gasteiger partial charge on any atom is -0.476 e. The number of halogens is 1. The van der Waals surface area contributed by atoms with Crippen LogP contribution in [0.15, 0.2) is 28.7 Å². The van der Waals surface area contributed by atoms with Crippen LogP contribution in [0.5, 0.6) is 0 Å². The quantitative estimate of drug-likeness (QED) is 0.903. The summed E-state index contributed by atoms with van der Waals surface area (Å²) < 4.78 is 2.71. The zero-order chi connectivity index (χ0) is 15.0. The highest BCUT2D eigenvalue weighted by molar-refractivity contribution is 9.10. The largest absolute Gasteiger partial charge is 0.476 e. The lowest BCUT2D eigenvalue weighted by Crippen LogP contribution is -1.99. The number of rotatable bonds is 3. The minimum absolute atomic E-state index is 0.0727. The number of benzene rings is 1. The SMILES string of the molecule is Cn1nc(C(=O)O)cc1-c1ccc(C2CCCC2)c(Br)c1. The Kier molecular flexibility index (Phi) is 3.85. The Morgan fingerprint density at radius 1 is 1.33 bits per heavy atom. The van der Waals surface area contributed by atoms with Crippen molar-refractivity contribution in [3.05, 3.63) is 40.0 Å². The highest BCUT2D eigenvalue weighted by atomic mass is 79.9. The molecular weight excluding hydrogens is 332 g/mol. The molecule has 0 unspecified atom stereocenters. The van der Waals surface area contributed by atoms with Gasteiger partial charge in [-0.3, -0.25) is 4.68 Å². The van der Waals surface area contributed by atoms with E-state index in [2.05, 4.69) is 39.2 Å². The third kappa shape index (κ3) is 2.75. The predicted octanol–water partition coefficient (Wildman–Crippen LogP) is 4.21. The molecule has 1 heterocycles. The van der Waals surface area contributed by atoms with Gasteiger partial charge in [-0.25, -0.2) is 4.79 Å². The molecule has 0 bridgehead atoms. The van der Waals surface area contributed by atoms with Gasteiger partial charge in [0.2, 0.25) is 0 Å². The normalized spacial score (nSPS) is 15.5. The van der Waals surface area contributed by atoms with Gasteiger partial charge in [0.25, 0.3) is 0 Å². The molecule has 4 nitrogen and oxygen atoms in total. The van der Waals surface area contributed by atoms with E-state index in [-0.39, 0.29) is 5.69 Å². The van der Waals surface area contributed by atoms with E-state index in [1.807, 2.05) is 0 Å². The fraction of sp³-hybridized carbons (Fsp3) is 0.375. The van der Waals surface area contributed by atoms with Crippen molar-refractivity contribution in [3.8, 4) is 11.3 Å².